The summed E-state index contributed by atoms with van der Waals surface area (Å²) in [7, 11) is 3.89. The molecule has 9 heteroatoms. The highest BCUT2D eigenvalue weighted by molar-refractivity contribution is 6.04. The van der Waals surface area contributed by atoms with Crippen molar-refractivity contribution in [2.24, 2.45) is 0 Å². The normalized spacial score (nSPS) is 12.3. The van der Waals surface area contributed by atoms with E-state index in [0.717, 1.165) is 40.9 Å². The van der Waals surface area contributed by atoms with Gasteiger partial charge in [0.2, 0.25) is 5.91 Å². The fraction of sp³-hybridized carbons (Fsp3) is 0.300. The number of amides is 2. The molecule has 39 heavy (non-hydrogen) atoms. The van der Waals surface area contributed by atoms with E-state index in [0.29, 0.717) is 23.8 Å². The predicted molar refractivity (Wildman–Crippen MR) is 154 cm³/mol. The average molecular weight is 526 g/mol. The van der Waals surface area contributed by atoms with Crippen LogP contribution >= 0.6 is 0 Å². The molecule has 0 fully saturated rings. The van der Waals surface area contributed by atoms with Gasteiger partial charge in [0.1, 0.15) is 11.6 Å². The number of pyridine rings is 1. The van der Waals surface area contributed by atoms with E-state index in [-0.39, 0.29) is 17.9 Å². The minimum atomic E-state index is -0.342. The second kappa shape index (κ2) is 12.4. The number of fused-ring (bicyclic) bond motifs is 1. The molecule has 0 unspecified atom stereocenters. The van der Waals surface area contributed by atoms with E-state index in [4.69, 9.17) is 4.98 Å². The highest BCUT2D eigenvalue weighted by Gasteiger charge is 2.20. The van der Waals surface area contributed by atoms with Crippen molar-refractivity contribution in [2.75, 3.05) is 26.0 Å². The average Bonchev–Trinajstić information content (AvgIpc) is 3.30. The molecule has 0 aliphatic carbocycles. The molecule has 2 N–H and O–H groups in total. The van der Waals surface area contributed by atoms with E-state index < -0.39 is 0 Å². The number of anilines is 1. The third kappa shape index (κ3) is 6.74. The van der Waals surface area contributed by atoms with Crippen LogP contribution in [0.5, 0.6) is 0 Å². The third-order valence-corrected chi connectivity index (χ3v) is 6.28. The molecule has 4 aromatic rings. The Hall–Kier alpha value is -4.37. The lowest BCUT2D eigenvalue weighted by atomic mass is 10.1. The number of benzene rings is 1. The van der Waals surface area contributed by atoms with Crippen molar-refractivity contribution in [1.29, 1.82) is 0 Å². The molecule has 4 rings (SSSR count). The Morgan fingerprint density at radius 3 is 2.59 bits per heavy atom. The van der Waals surface area contributed by atoms with Crippen LogP contribution in [-0.4, -0.2) is 56.7 Å². The number of hydrogen-bond donors (Lipinski definition) is 2. The zero-order valence-corrected chi connectivity index (χ0v) is 23.1. The number of carbonyl (C=O) groups is 2. The predicted octanol–water partition coefficient (Wildman–Crippen LogP) is 4.60. The smallest absolute Gasteiger partial charge is 0.256 e. The molecule has 0 saturated carbocycles. The number of imidazole rings is 1. The Kier molecular flexibility index (Phi) is 8.83. The fourth-order valence-electron chi connectivity index (χ4n) is 4.38. The molecule has 1 aromatic carbocycles. The molecule has 0 spiro atoms. The summed E-state index contributed by atoms with van der Waals surface area (Å²) >= 11 is 0. The lowest BCUT2D eigenvalue weighted by Crippen LogP contribution is -2.26. The zero-order chi connectivity index (χ0) is 27.9. The Bertz CT molecular complexity index is 1490. The topological polar surface area (TPSA) is 105 Å². The summed E-state index contributed by atoms with van der Waals surface area (Å²) in [5, 5.41) is 5.88. The molecule has 3 heterocycles. The van der Waals surface area contributed by atoms with Gasteiger partial charge in [-0.15, -0.1) is 0 Å². The van der Waals surface area contributed by atoms with E-state index in [2.05, 4.69) is 27.5 Å². The van der Waals surface area contributed by atoms with Gasteiger partial charge >= 0.3 is 0 Å². The summed E-state index contributed by atoms with van der Waals surface area (Å²) in [5.41, 5.74) is 4.91. The molecule has 9 nitrogen and oxygen atoms in total. The van der Waals surface area contributed by atoms with Crippen LogP contribution in [0, 0.1) is 6.92 Å². The van der Waals surface area contributed by atoms with Gasteiger partial charge in [-0.1, -0.05) is 31.6 Å². The van der Waals surface area contributed by atoms with E-state index in [1.54, 1.807) is 30.6 Å². The van der Waals surface area contributed by atoms with Gasteiger partial charge in [-0.25, -0.2) is 9.97 Å². The maximum atomic E-state index is 12.9. The van der Waals surface area contributed by atoms with Crippen molar-refractivity contribution in [3.63, 3.8) is 0 Å². The summed E-state index contributed by atoms with van der Waals surface area (Å²) in [6, 6.07) is 10.8. The van der Waals surface area contributed by atoms with Gasteiger partial charge in [-0.3, -0.25) is 19.0 Å². The Morgan fingerprint density at radius 2 is 1.87 bits per heavy atom. The quantitative estimate of drug-likeness (QED) is 0.293. The van der Waals surface area contributed by atoms with Gasteiger partial charge in [-0.2, -0.15) is 0 Å². The third-order valence-electron chi connectivity index (χ3n) is 6.28. The van der Waals surface area contributed by atoms with Crippen LogP contribution in [0.2, 0.25) is 0 Å². The standard InChI is InChI=1S/C30H35N7O2/c1-6-8-22-14-15-32-25(19-22)34-30(39)24-12-10-23(11-13-24)27-28-20(2)31-16-18-37(28)29(35-27)21(3)33-26(38)9-7-17-36(4)5/h7,9-16,18-19,21H,6,8,17H2,1-5H3,(H,33,38)(H,32,34,39)/b9-7+/t21-/m0/s1. The molecule has 0 aliphatic rings. The first kappa shape index (κ1) is 27.7. The number of carbonyl (C=O) groups excluding carboxylic acids is 2. The Balaban J connectivity index is 1.57. The zero-order valence-electron chi connectivity index (χ0n) is 23.1. The monoisotopic (exact) mass is 525 g/mol. The van der Waals surface area contributed by atoms with E-state index in [9.17, 15) is 9.59 Å². The number of nitrogens with zero attached hydrogens (tertiary/aromatic N) is 5. The van der Waals surface area contributed by atoms with Crippen molar-refractivity contribution < 1.29 is 9.59 Å². The number of hydrogen-bond acceptors (Lipinski definition) is 6. The van der Waals surface area contributed by atoms with E-state index >= 15 is 0 Å². The molecule has 0 saturated heterocycles. The molecule has 202 valence electrons. The maximum Gasteiger partial charge on any atom is 0.256 e. The highest BCUT2D eigenvalue weighted by atomic mass is 16.2. The molecule has 0 bridgehead atoms. The maximum absolute atomic E-state index is 12.9. The summed E-state index contributed by atoms with van der Waals surface area (Å²) in [5.74, 6) is 0.821. The van der Waals surface area contributed by atoms with Gasteiger partial charge in [0, 0.05) is 42.3 Å². The van der Waals surface area contributed by atoms with Crippen LogP contribution in [-0.2, 0) is 11.2 Å². The van der Waals surface area contributed by atoms with Gasteiger partial charge in [0.15, 0.2) is 0 Å². The largest absolute Gasteiger partial charge is 0.343 e. The second-order valence-electron chi connectivity index (χ2n) is 9.78. The van der Waals surface area contributed by atoms with Crippen LogP contribution in [0.3, 0.4) is 0 Å². The van der Waals surface area contributed by atoms with Crippen molar-refractivity contribution in [1.82, 2.24) is 29.6 Å². The summed E-state index contributed by atoms with van der Waals surface area (Å²) in [6.07, 6.45) is 10.6. The van der Waals surface area contributed by atoms with Gasteiger partial charge in [0.05, 0.1) is 22.9 Å². The van der Waals surface area contributed by atoms with Crippen LogP contribution in [0.25, 0.3) is 16.8 Å². The molecule has 2 amide bonds. The van der Waals surface area contributed by atoms with Crippen LogP contribution < -0.4 is 10.6 Å². The summed E-state index contributed by atoms with van der Waals surface area (Å²) in [4.78, 5) is 41.0. The number of aryl methyl sites for hydroxylation is 2. The molecular weight excluding hydrogens is 490 g/mol. The number of nitrogens with one attached hydrogen (secondary N) is 2. The molecule has 0 aliphatic heterocycles. The van der Waals surface area contributed by atoms with Crippen molar-refractivity contribution in [3.05, 3.63) is 89.8 Å². The lowest BCUT2D eigenvalue weighted by Gasteiger charge is -2.12. The van der Waals surface area contributed by atoms with Crippen molar-refractivity contribution in [3.8, 4) is 11.3 Å². The Morgan fingerprint density at radius 1 is 1.10 bits per heavy atom. The van der Waals surface area contributed by atoms with Crippen LogP contribution in [0.1, 0.15) is 53.7 Å². The Labute approximate surface area is 229 Å². The first-order chi connectivity index (χ1) is 18.8. The number of likely N-dealkylation sites (N-methyl/N-ethyl adjacent to an activating group) is 1. The van der Waals surface area contributed by atoms with Crippen LogP contribution in [0.4, 0.5) is 5.82 Å². The van der Waals surface area contributed by atoms with Crippen molar-refractivity contribution >= 4 is 23.1 Å². The highest BCUT2D eigenvalue weighted by Crippen LogP contribution is 2.29. The first-order valence-electron chi connectivity index (χ1n) is 13.1. The SMILES string of the molecule is CCCc1ccnc(NC(=O)c2ccc(-c3nc([C@H](C)NC(=O)/C=C/CN(C)C)n4ccnc(C)c34)cc2)c1. The lowest BCUT2D eigenvalue weighted by molar-refractivity contribution is -0.117. The van der Waals surface area contributed by atoms with Crippen molar-refractivity contribution in [2.45, 2.75) is 39.7 Å². The van der Waals surface area contributed by atoms with E-state index in [1.165, 1.54) is 0 Å². The molecular formula is C30H35N7O2. The molecule has 1 atom stereocenters. The minimum Gasteiger partial charge on any atom is -0.343 e. The summed E-state index contributed by atoms with van der Waals surface area (Å²) in [6.45, 7) is 6.63. The number of rotatable bonds is 10. The molecule has 3 aromatic heterocycles. The second-order valence-corrected chi connectivity index (χ2v) is 9.78. The van der Waals surface area contributed by atoms with E-state index in [1.807, 2.05) is 73.8 Å². The summed E-state index contributed by atoms with van der Waals surface area (Å²) < 4.78 is 1.96. The van der Waals surface area contributed by atoms with Gasteiger partial charge in [-0.05, 0) is 64.2 Å². The van der Waals surface area contributed by atoms with Crippen LogP contribution in [0.15, 0.2) is 67.1 Å². The fourth-order valence-corrected chi connectivity index (χ4v) is 4.38. The molecule has 0 radical (unpaired) electrons. The van der Waals surface area contributed by atoms with Gasteiger partial charge < -0.3 is 15.5 Å². The first-order valence-corrected chi connectivity index (χ1v) is 13.1. The number of aromatic nitrogens is 4. The minimum absolute atomic E-state index is 0.182. The van der Waals surface area contributed by atoms with Gasteiger partial charge in [0.25, 0.3) is 5.91 Å².